The summed E-state index contributed by atoms with van der Waals surface area (Å²) in [7, 11) is 0. The summed E-state index contributed by atoms with van der Waals surface area (Å²) < 4.78 is 1.77. The average Bonchev–Trinajstić information content (AvgIpc) is 3.16. The molecule has 0 spiro atoms. The first-order valence-electron chi connectivity index (χ1n) is 9.66. The average molecular weight is 354 g/mol. The van der Waals surface area contributed by atoms with Gasteiger partial charge in [-0.05, 0) is 56.2 Å². The van der Waals surface area contributed by atoms with E-state index in [1.807, 2.05) is 17.2 Å². The molecule has 1 atom stereocenters. The fraction of sp³-hybridized carbons (Fsp3) is 0.550. The number of carbonyl (C=O) groups excluding carboxylic acids is 1. The van der Waals surface area contributed by atoms with Crippen molar-refractivity contribution < 1.29 is 9.90 Å². The van der Waals surface area contributed by atoms with Gasteiger partial charge in [0.2, 0.25) is 0 Å². The fourth-order valence-electron chi connectivity index (χ4n) is 4.11. The molecule has 6 nitrogen and oxygen atoms in total. The number of carbonyl (C=O) groups is 1. The summed E-state index contributed by atoms with van der Waals surface area (Å²) in [6, 6.07) is 4.07. The van der Waals surface area contributed by atoms with Gasteiger partial charge in [-0.25, -0.2) is 0 Å². The van der Waals surface area contributed by atoms with Gasteiger partial charge in [-0.15, -0.1) is 0 Å². The Hall–Kier alpha value is -2.21. The largest absolute Gasteiger partial charge is 0.394 e. The third-order valence-corrected chi connectivity index (χ3v) is 5.53. The van der Waals surface area contributed by atoms with Gasteiger partial charge >= 0.3 is 0 Å². The molecule has 0 aromatic carbocycles. The Morgan fingerprint density at radius 1 is 1.27 bits per heavy atom. The van der Waals surface area contributed by atoms with Crippen LogP contribution >= 0.6 is 0 Å². The van der Waals surface area contributed by atoms with Crippen LogP contribution in [0.25, 0.3) is 0 Å². The number of nitrogens with zero attached hydrogens (tertiary/aromatic N) is 4. The van der Waals surface area contributed by atoms with Crippen molar-refractivity contribution in [3.8, 4) is 0 Å². The molecule has 6 heteroatoms. The van der Waals surface area contributed by atoms with E-state index in [0.717, 1.165) is 43.5 Å². The maximum atomic E-state index is 13.0. The van der Waals surface area contributed by atoms with Crippen molar-refractivity contribution in [1.82, 2.24) is 19.7 Å². The first-order valence-corrected chi connectivity index (χ1v) is 9.66. The van der Waals surface area contributed by atoms with Crippen molar-refractivity contribution in [2.45, 2.75) is 51.0 Å². The van der Waals surface area contributed by atoms with E-state index in [0.29, 0.717) is 13.1 Å². The van der Waals surface area contributed by atoms with Crippen LogP contribution in [-0.4, -0.2) is 50.4 Å². The molecule has 3 heterocycles. The number of likely N-dealkylation sites (tertiary alicyclic amines) is 1. The Labute approximate surface area is 153 Å². The van der Waals surface area contributed by atoms with Crippen LogP contribution in [0.2, 0.25) is 0 Å². The zero-order chi connectivity index (χ0) is 17.9. The van der Waals surface area contributed by atoms with E-state index in [-0.39, 0.29) is 18.4 Å². The number of hydrogen-bond donors (Lipinski definition) is 1. The second-order valence-corrected chi connectivity index (χ2v) is 7.35. The normalized spacial score (nSPS) is 20.0. The SMILES string of the molecule is O=C(c1cnc2c(c1)CCCC2)N1CCC[C@H](c2ccn(CCO)n2)C1. The minimum absolute atomic E-state index is 0.0850. The van der Waals surface area contributed by atoms with E-state index < -0.39 is 0 Å². The van der Waals surface area contributed by atoms with E-state index in [9.17, 15) is 4.79 Å². The third kappa shape index (κ3) is 3.51. The molecule has 2 aromatic heterocycles. The van der Waals surface area contributed by atoms with Crippen LogP contribution in [0.1, 0.15) is 58.9 Å². The molecule has 2 aliphatic rings. The number of amides is 1. The number of aromatic nitrogens is 3. The number of piperidine rings is 1. The Morgan fingerprint density at radius 2 is 2.15 bits per heavy atom. The van der Waals surface area contributed by atoms with Gasteiger partial charge < -0.3 is 10.0 Å². The number of aliphatic hydroxyl groups excluding tert-OH is 1. The number of aliphatic hydroxyl groups is 1. The molecule has 26 heavy (non-hydrogen) atoms. The van der Waals surface area contributed by atoms with Crippen LogP contribution in [-0.2, 0) is 19.4 Å². The molecule has 1 aliphatic heterocycles. The molecule has 1 fully saturated rings. The Bertz CT molecular complexity index is 786. The maximum Gasteiger partial charge on any atom is 0.255 e. The summed E-state index contributed by atoms with van der Waals surface area (Å²) in [6.07, 6.45) is 10.1. The first kappa shape index (κ1) is 17.2. The smallest absolute Gasteiger partial charge is 0.255 e. The predicted molar refractivity (Wildman–Crippen MR) is 98.1 cm³/mol. The third-order valence-electron chi connectivity index (χ3n) is 5.53. The number of rotatable bonds is 4. The quantitative estimate of drug-likeness (QED) is 0.913. The summed E-state index contributed by atoms with van der Waals surface area (Å²) in [4.78, 5) is 19.5. The molecule has 1 N–H and O–H groups in total. The lowest BCUT2D eigenvalue weighted by atomic mass is 9.93. The molecule has 0 saturated carbocycles. The van der Waals surface area contributed by atoms with Crippen LogP contribution in [0, 0.1) is 0 Å². The highest BCUT2D eigenvalue weighted by Gasteiger charge is 2.27. The highest BCUT2D eigenvalue weighted by molar-refractivity contribution is 5.94. The van der Waals surface area contributed by atoms with Gasteiger partial charge in [-0.1, -0.05) is 0 Å². The topological polar surface area (TPSA) is 71.2 Å². The van der Waals surface area contributed by atoms with Crippen molar-refractivity contribution >= 4 is 5.91 Å². The van der Waals surface area contributed by atoms with Crippen molar-refractivity contribution in [2.24, 2.45) is 0 Å². The molecule has 138 valence electrons. The predicted octanol–water partition coefficient (Wildman–Crippen LogP) is 2.17. The second kappa shape index (κ2) is 7.58. The van der Waals surface area contributed by atoms with Gasteiger partial charge in [-0.3, -0.25) is 14.5 Å². The summed E-state index contributed by atoms with van der Waals surface area (Å²) in [5.74, 6) is 0.351. The van der Waals surface area contributed by atoms with Crippen LogP contribution in [0.3, 0.4) is 0 Å². The van der Waals surface area contributed by atoms with E-state index in [4.69, 9.17) is 5.11 Å². The van der Waals surface area contributed by atoms with E-state index in [2.05, 4.69) is 16.1 Å². The van der Waals surface area contributed by atoms with Gasteiger partial charge in [-0.2, -0.15) is 5.10 Å². The molecule has 0 bridgehead atoms. The van der Waals surface area contributed by atoms with Gasteiger partial charge in [0.05, 0.1) is 24.4 Å². The van der Waals surface area contributed by atoms with Gasteiger partial charge in [0.15, 0.2) is 0 Å². The summed E-state index contributed by atoms with van der Waals surface area (Å²) in [5.41, 5.74) is 4.15. The fourth-order valence-corrected chi connectivity index (χ4v) is 4.11. The van der Waals surface area contributed by atoms with Crippen molar-refractivity contribution in [2.75, 3.05) is 19.7 Å². The molecular weight excluding hydrogens is 328 g/mol. The first-order chi connectivity index (χ1) is 12.7. The van der Waals surface area contributed by atoms with Crippen LogP contribution in [0.5, 0.6) is 0 Å². The monoisotopic (exact) mass is 354 g/mol. The molecule has 1 saturated heterocycles. The number of pyridine rings is 1. The maximum absolute atomic E-state index is 13.0. The van der Waals surface area contributed by atoms with E-state index in [1.54, 1.807) is 10.9 Å². The van der Waals surface area contributed by atoms with E-state index in [1.165, 1.54) is 24.1 Å². The van der Waals surface area contributed by atoms with E-state index >= 15 is 0 Å². The molecule has 1 aliphatic carbocycles. The Balaban J connectivity index is 1.47. The summed E-state index contributed by atoms with van der Waals surface area (Å²) in [5, 5.41) is 13.6. The van der Waals surface area contributed by atoms with Gasteiger partial charge in [0.25, 0.3) is 5.91 Å². The Kier molecular flexibility index (Phi) is 5.02. The lowest BCUT2D eigenvalue weighted by molar-refractivity contribution is 0.0705. The minimum atomic E-state index is 0.0850. The van der Waals surface area contributed by atoms with Crippen molar-refractivity contribution in [3.05, 3.63) is 47.0 Å². The van der Waals surface area contributed by atoms with Crippen molar-refractivity contribution in [1.29, 1.82) is 0 Å². The minimum Gasteiger partial charge on any atom is -0.394 e. The number of hydrogen-bond acceptors (Lipinski definition) is 4. The lowest BCUT2D eigenvalue weighted by Crippen LogP contribution is -2.39. The zero-order valence-corrected chi connectivity index (χ0v) is 15.1. The lowest BCUT2D eigenvalue weighted by Gasteiger charge is -2.32. The van der Waals surface area contributed by atoms with Crippen molar-refractivity contribution in [3.63, 3.8) is 0 Å². The summed E-state index contributed by atoms with van der Waals surface area (Å²) in [6.45, 7) is 2.09. The molecule has 1 amide bonds. The van der Waals surface area contributed by atoms with Crippen LogP contribution in [0.4, 0.5) is 0 Å². The zero-order valence-electron chi connectivity index (χ0n) is 15.1. The van der Waals surface area contributed by atoms with Gasteiger partial charge in [0.1, 0.15) is 0 Å². The second-order valence-electron chi connectivity index (χ2n) is 7.35. The highest BCUT2D eigenvalue weighted by Crippen LogP contribution is 2.27. The molecule has 0 unspecified atom stereocenters. The number of fused-ring (bicyclic) bond motifs is 1. The standard InChI is InChI=1S/C20H26N4O2/c25-11-10-24-9-7-19(22-24)16-5-3-8-23(14-16)20(26)17-12-15-4-1-2-6-18(15)21-13-17/h7,9,12-13,16,25H,1-6,8,10-11,14H2/t16-/m0/s1. The Morgan fingerprint density at radius 3 is 3.04 bits per heavy atom. The summed E-state index contributed by atoms with van der Waals surface area (Å²) >= 11 is 0. The van der Waals surface area contributed by atoms with Crippen LogP contribution < -0.4 is 0 Å². The van der Waals surface area contributed by atoms with Crippen LogP contribution in [0.15, 0.2) is 24.5 Å². The van der Waals surface area contributed by atoms with Gasteiger partial charge in [0, 0.05) is 37.1 Å². The highest BCUT2D eigenvalue weighted by atomic mass is 16.3. The molecule has 4 rings (SSSR count). The number of aryl methyl sites for hydroxylation is 2. The molecule has 0 radical (unpaired) electrons. The molecule has 2 aromatic rings. The molecular formula is C20H26N4O2.